The zero-order chi connectivity index (χ0) is 13.3. The van der Waals surface area contributed by atoms with Gasteiger partial charge in [-0.15, -0.1) is 0 Å². The van der Waals surface area contributed by atoms with E-state index in [0.717, 1.165) is 0 Å². The number of benzene rings is 1. The molecule has 0 N–H and O–H groups in total. The van der Waals surface area contributed by atoms with Crippen LogP contribution in [0.25, 0.3) is 11.0 Å². The Hall–Kier alpha value is -2.30. The Morgan fingerprint density at radius 1 is 1.22 bits per heavy atom. The highest BCUT2D eigenvalue weighted by Gasteiger charge is 2.13. The van der Waals surface area contributed by atoms with E-state index in [9.17, 15) is 9.59 Å². The summed E-state index contributed by atoms with van der Waals surface area (Å²) in [7, 11) is 2.74. The highest BCUT2D eigenvalue weighted by molar-refractivity contribution is 5.96. The van der Waals surface area contributed by atoms with E-state index in [1.807, 2.05) is 0 Å². The SMILES string of the molecule is COC(=O)c1cc(OC)c2oc(=O)c(C)cc2c1. The van der Waals surface area contributed by atoms with Gasteiger partial charge in [-0.05, 0) is 25.1 Å². The standard InChI is InChI=1S/C13H12O5/c1-7-4-8-5-9(13(15)17-3)6-10(16-2)11(8)18-12(7)14/h4-6H,1-3H3. The van der Waals surface area contributed by atoms with E-state index in [2.05, 4.69) is 4.74 Å². The number of fused-ring (bicyclic) bond motifs is 1. The van der Waals surface area contributed by atoms with Gasteiger partial charge in [0, 0.05) is 10.9 Å². The fraction of sp³-hybridized carbons (Fsp3) is 0.231. The van der Waals surface area contributed by atoms with Gasteiger partial charge < -0.3 is 13.9 Å². The van der Waals surface area contributed by atoms with E-state index in [1.165, 1.54) is 20.3 Å². The molecular weight excluding hydrogens is 236 g/mol. The quantitative estimate of drug-likeness (QED) is 0.599. The van der Waals surface area contributed by atoms with Gasteiger partial charge in [0.05, 0.1) is 19.8 Å². The predicted octanol–water partition coefficient (Wildman–Crippen LogP) is 1.90. The number of esters is 1. The molecule has 0 aliphatic heterocycles. The number of methoxy groups -OCH3 is 2. The van der Waals surface area contributed by atoms with Crippen LogP contribution in [-0.2, 0) is 4.74 Å². The van der Waals surface area contributed by atoms with E-state index >= 15 is 0 Å². The van der Waals surface area contributed by atoms with Crippen LogP contribution in [0, 0.1) is 6.92 Å². The maximum Gasteiger partial charge on any atom is 0.339 e. The van der Waals surface area contributed by atoms with E-state index in [-0.39, 0.29) is 0 Å². The molecule has 5 nitrogen and oxygen atoms in total. The molecule has 5 heteroatoms. The Balaban J connectivity index is 2.79. The fourth-order valence-electron chi connectivity index (χ4n) is 1.69. The van der Waals surface area contributed by atoms with Gasteiger partial charge >= 0.3 is 11.6 Å². The van der Waals surface area contributed by atoms with Crippen molar-refractivity contribution in [2.75, 3.05) is 14.2 Å². The maximum absolute atomic E-state index is 11.5. The van der Waals surface area contributed by atoms with Crippen LogP contribution in [0.15, 0.2) is 27.4 Å². The highest BCUT2D eigenvalue weighted by Crippen LogP contribution is 2.27. The molecule has 0 amide bonds. The monoisotopic (exact) mass is 248 g/mol. The van der Waals surface area contributed by atoms with E-state index < -0.39 is 11.6 Å². The topological polar surface area (TPSA) is 65.7 Å². The first kappa shape index (κ1) is 12.2. The Labute approximate surface area is 103 Å². The lowest BCUT2D eigenvalue weighted by molar-refractivity contribution is 0.0600. The Morgan fingerprint density at radius 2 is 1.94 bits per heavy atom. The van der Waals surface area contributed by atoms with Crippen LogP contribution < -0.4 is 10.4 Å². The summed E-state index contributed by atoms with van der Waals surface area (Å²) in [4.78, 5) is 23.0. The van der Waals surface area contributed by atoms with Gasteiger partial charge in [0.2, 0.25) is 0 Å². The van der Waals surface area contributed by atoms with Gasteiger partial charge in [0.25, 0.3) is 0 Å². The lowest BCUT2D eigenvalue weighted by Crippen LogP contribution is -2.05. The predicted molar refractivity (Wildman–Crippen MR) is 65.1 cm³/mol. The second-order valence-electron chi connectivity index (χ2n) is 3.81. The van der Waals surface area contributed by atoms with Crippen LogP contribution in [0.5, 0.6) is 5.75 Å². The number of hydrogen-bond donors (Lipinski definition) is 0. The second-order valence-corrected chi connectivity index (χ2v) is 3.81. The van der Waals surface area contributed by atoms with Crippen molar-refractivity contribution in [2.24, 2.45) is 0 Å². The molecule has 0 bridgehead atoms. The van der Waals surface area contributed by atoms with Crippen LogP contribution in [-0.4, -0.2) is 20.2 Å². The first-order valence-corrected chi connectivity index (χ1v) is 5.27. The third-order valence-corrected chi connectivity index (χ3v) is 2.61. The van der Waals surface area contributed by atoms with Crippen molar-refractivity contribution in [2.45, 2.75) is 6.92 Å². The zero-order valence-electron chi connectivity index (χ0n) is 10.3. The number of carbonyl (C=O) groups is 1. The fourth-order valence-corrected chi connectivity index (χ4v) is 1.69. The third-order valence-electron chi connectivity index (χ3n) is 2.61. The smallest absolute Gasteiger partial charge is 0.339 e. The molecule has 1 aromatic carbocycles. The lowest BCUT2D eigenvalue weighted by atomic mass is 10.1. The Kier molecular flexibility index (Phi) is 3.06. The molecule has 0 fully saturated rings. The molecule has 0 unspecified atom stereocenters. The summed E-state index contributed by atoms with van der Waals surface area (Å²) in [5.41, 5.74) is 0.703. The normalized spacial score (nSPS) is 10.4. The Morgan fingerprint density at radius 3 is 2.56 bits per heavy atom. The van der Waals surface area contributed by atoms with Gasteiger partial charge in [-0.3, -0.25) is 0 Å². The summed E-state index contributed by atoms with van der Waals surface area (Å²) in [6.45, 7) is 1.64. The largest absolute Gasteiger partial charge is 0.493 e. The second kappa shape index (κ2) is 4.52. The van der Waals surface area contributed by atoms with Gasteiger partial charge in [-0.1, -0.05) is 0 Å². The molecule has 2 aromatic rings. The molecule has 1 heterocycles. The molecule has 0 radical (unpaired) electrons. The van der Waals surface area contributed by atoms with Crippen molar-refractivity contribution < 1.29 is 18.7 Å². The minimum absolute atomic E-state index is 0.320. The molecule has 94 valence electrons. The average molecular weight is 248 g/mol. The third kappa shape index (κ3) is 1.95. The van der Waals surface area contributed by atoms with Crippen LogP contribution in [0.3, 0.4) is 0 Å². The molecular formula is C13H12O5. The summed E-state index contributed by atoms with van der Waals surface area (Å²) in [5.74, 6) is -0.149. The first-order valence-electron chi connectivity index (χ1n) is 5.27. The van der Waals surface area contributed by atoms with Gasteiger partial charge in [-0.2, -0.15) is 0 Å². The van der Waals surface area contributed by atoms with Crippen molar-refractivity contribution >= 4 is 16.9 Å². The molecule has 2 rings (SSSR count). The van der Waals surface area contributed by atoms with Crippen LogP contribution in [0.2, 0.25) is 0 Å². The lowest BCUT2D eigenvalue weighted by Gasteiger charge is -2.07. The number of ether oxygens (including phenoxy) is 2. The molecule has 0 aliphatic rings. The van der Waals surface area contributed by atoms with Gasteiger partial charge in [0.15, 0.2) is 11.3 Å². The summed E-state index contributed by atoms with van der Waals surface area (Å²) < 4.78 is 14.9. The summed E-state index contributed by atoms with van der Waals surface area (Å²) in [6.07, 6.45) is 0. The number of aryl methyl sites for hydroxylation is 1. The highest BCUT2D eigenvalue weighted by atomic mass is 16.5. The molecule has 0 saturated heterocycles. The van der Waals surface area contributed by atoms with Crippen LogP contribution in [0.4, 0.5) is 0 Å². The minimum atomic E-state index is -0.473. The molecule has 0 aliphatic carbocycles. The molecule has 0 saturated carbocycles. The molecule has 18 heavy (non-hydrogen) atoms. The number of rotatable bonds is 2. The maximum atomic E-state index is 11.5. The summed E-state index contributed by atoms with van der Waals surface area (Å²) in [5, 5.41) is 0.617. The van der Waals surface area contributed by atoms with E-state index in [4.69, 9.17) is 9.15 Å². The number of carbonyl (C=O) groups excluding carboxylic acids is 1. The number of hydrogen-bond acceptors (Lipinski definition) is 5. The molecule has 1 aromatic heterocycles. The van der Waals surface area contributed by atoms with Crippen LogP contribution in [0.1, 0.15) is 15.9 Å². The van der Waals surface area contributed by atoms with Crippen molar-refractivity contribution in [1.82, 2.24) is 0 Å². The Bertz CT molecular complexity index is 669. The van der Waals surface area contributed by atoms with Crippen molar-refractivity contribution in [3.05, 3.63) is 39.7 Å². The average Bonchev–Trinajstić information content (AvgIpc) is 2.38. The van der Waals surface area contributed by atoms with E-state index in [1.54, 1.807) is 19.1 Å². The molecule has 0 spiro atoms. The van der Waals surface area contributed by atoms with E-state index in [0.29, 0.717) is 27.8 Å². The summed E-state index contributed by atoms with van der Waals surface area (Å²) in [6, 6.07) is 4.72. The van der Waals surface area contributed by atoms with Crippen molar-refractivity contribution in [3.8, 4) is 5.75 Å². The molecule has 0 atom stereocenters. The van der Waals surface area contributed by atoms with Crippen molar-refractivity contribution in [3.63, 3.8) is 0 Å². The van der Waals surface area contributed by atoms with Gasteiger partial charge in [-0.25, -0.2) is 9.59 Å². The van der Waals surface area contributed by atoms with Crippen LogP contribution >= 0.6 is 0 Å². The van der Waals surface area contributed by atoms with Gasteiger partial charge in [0.1, 0.15) is 0 Å². The minimum Gasteiger partial charge on any atom is -0.493 e. The van der Waals surface area contributed by atoms with Crippen molar-refractivity contribution in [1.29, 1.82) is 0 Å². The zero-order valence-corrected chi connectivity index (χ0v) is 10.3. The summed E-state index contributed by atoms with van der Waals surface area (Å²) >= 11 is 0. The first-order chi connectivity index (χ1) is 8.56.